The van der Waals surface area contributed by atoms with Gasteiger partial charge >= 0.3 is 0 Å². The predicted molar refractivity (Wildman–Crippen MR) is 61.3 cm³/mol. The molecule has 1 heteroatoms. The molecule has 2 aliphatic rings. The van der Waals surface area contributed by atoms with E-state index in [1.165, 1.54) is 25.9 Å². The molecule has 1 aliphatic heterocycles. The molecule has 2 fully saturated rings. The van der Waals surface area contributed by atoms with Gasteiger partial charge in [0, 0.05) is 19.1 Å². The molecule has 0 aromatic carbocycles. The normalized spacial score (nSPS) is 38.6. The largest absolute Gasteiger partial charge is 0.300 e. The highest BCUT2D eigenvalue weighted by atomic mass is 15.2. The molecule has 1 saturated heterocycles. The second-order valence-electron chi connectivity index (χ2n) is 5.96. The van der Waals surface area contributed by atoms with Crippen molar-refractivity contribution in [2.75, 3.05) is 13.1 Å². The zero-order valence-electron chi connectivity index (χ0n) is 10.2. The first-order valence-corrected chi connectivity index (χ1v) is 6.33. The van der Waals surface area contributed by atoms with E-state index in [4.69, 9.17) is 0 Å². The molecule has 14 heavy (non-hydrogen) atoms. The van der Waals surface area contributed by atoms with Crippen molar-refractivity contribution in [1.82, 2.24) is 4.90 Å². The zero-order valence-corrected chi connectivity index (χ0v) is 10.2. The fourth-order valence-electron chi connectivity index (χ4n) is 3.59. The van der Waals surface area contributed by atoms with Crippen LogP contribution in [0, 0.1) is 23.7 Å². The summed E-state index contributed by atoms with van der Waals surface area (Å²) in [6.07, 6.45) is 3.00. The standard InChI is InChI=1S/C13H25N/c1-9(2)12-6-5-11-7-14(10(3)4)8-13(11)12/h9-13H,5-8H2,1-4H3. The van der Waals surface area contributed by atoms with Crippen molar-refractivity contribution in [1.29, 1.82) is 0 Å². The van der Waals surface area contributed by atoms with Crippen molar-refractivity contribution in [2.24, 2.45) is 23.7 Å². The van der Waals surface area contributed by atoms with E-state index in [2.05, 4.69) is 32.6 Å². The molecule has 82 valence electrons. The second-order valence-corrected chi connectivity index (χ2v) is 5.96. The third kappa shape index (κ3) is 1.71. The SMILES string of the molecule is CC(C)C1CCC2CN(C(C)C)CC21. The van der Waals surface area contributed by atoms with Crippen LogP contribution in [0.2, 0.25) is 0 Å². The highest BCUT2D eigenvalue weighted by Crippen LogP contribution is 2.45. The van der Waals surface area contributed by atoms with Crippen molar-refractivity contribution in [3.05, 3.63) is 0 Å². The first kappa shape index (κ1) is 10.5. The number of likely N-dealkylation sites (tertiary alicyclic amines) is 1. The summed E-state index contributed by atoms with van der Waals surface area (Å²) in [5.41, 5.74) is 0. The summed E-state index contributed by atoms with van der Waals surface area (Å²) in [6.45, 7) is 12.3. The van der Waals surface area contributed by atoms with Gasteiger partial charge in [0.15, 0.2) is 0 Å². The minimum absolute atomic E-state index is 0.758. The molecule has 3 unspecified atom stereocenters. The van der Waals surface area contributed by atoms with Crippen LogP contribution < -0.4 is 0 Å². The van der Waals surface area contributed by atoms with Crippen LogP contribution in [0.25, 0.3) is 0 Å². The van der Waals surface area contributed by atoms with Crippen LogP contribution in [0.1, 0.15) is 40.5 Å². The van der Waals surface area contributed by atoms with E-state index >= 15 is 0 Å². The Morgan fingerprint density at radius 3 is 2.29 bits per heavy atom. The van der Waals surface area contributed by atoms with Gasteiger partial charge in [0.2, 0.25) is 0 Å². The Morgan fingerprint density at radius 2 is 1.71 bits per heavy atom. The average molecular weight is 195 g/mol. The van der Waals surface area contributed by atoms with Gasteiger partial charge in [-0.25, -0.2) is 0 Å². The van der Waals surface area contributed by atoms with Crippen LogP contribution in [-0.4, -0.2) is 24.0 Å². The van der Waals surface area contributed by atoms with Crippen molar-refractivity contribution in [2.45, 2.75) is 46.6 Å². The Balaban J connectivity index is 2.00. The molecule has 1 heterocycles. The van der Waals surface area contributed by atoms with E-state index in [1.54, 1.807) is 0 Å². The van der Waals surface area contributed by atoms with E-state index < -0.39 is 0 Å². The summed E-state index contributed by atoms with van der Waals surface area (Å²) in [6, 6.07) is 0.758. The molecule has 0 aromatic rings. The van der Waals surface area contributed by atoms with Gasteiger partial charge in [0.1, 0.15) is 0 Å². The van der Waals surface area contributed by atoms with Crippen LogP contribution >= 0.6 is 0 Å². The van der Waals surface area contributed by atoms with E-state index in [0.29, 0.717) is 0 Å². The summed E-state index contributed by atoms with van der Waals surface area (Å²) >= 11 is 0. The maximum absolute atomic E-state index is 2.68. The number of nitrogens with zero attached hydrogens (tertiary/aromatic N) is 1. The summed E-state index contributed by atoms with van der Waals surface area (Å²) in [7, 11) is 0. The fraction of sp³-hybridized carbons (Fsp3) is 1.00. The molecule has 0 radical (unpaired) electrons. The molecule has 0 N–H and O–H groups in total. The monoisotopic (exact) mass is 195 g/mol. The second kappa shape index (κ2) is 3.84. The van der Waals surface area contributed by atoms with Gasteiger partial charge in [0.05, 0.1) is 0 Å². The van der Waals surface area contributed by atoms with Gasteiger partial charge < -0.3 is 4.90 Å². The number of hydrogen-bond acceptors (Lipinski definition) is 1. The molecule has 0 spiro atoms. The number of rotatable bonds is 2. The van der Waals surface area contributed by atoms with E-state index in [9.17, 15) is 0 Å². The third-order valence-electron chi connectivity index (χ3n) is 4.53. The van der Waals surface area contributed by atoms with Crippen molar-refractivity contribution < 1.29 is 0 Å². The summed E-state index contributed by atoms with van der Waals surface area (Å²) < 4.78 is 0. The molecular weight excluding hydrogens is 170 g/mol. The minimum atomic E-state index is 0.758. The maximum Gasteiger partial charge on any atom is 0.00388 e. The topological polar surface area (TPSA) is 3.24 Å². The van der Waals surface area contributed by atoms with E-state index in [-0.39, 0.29) is 0 Å². The van der Waals surface area contributed by atoms with Crippen LogP contribution in [-0.2, 0) is 0 Å². The van der Waals surface area contributed by atoms with Crippen molar-refractivity contribution >= 4 is 0 Å². The summed E-state index contributed by atoms with van der Waals surface area (Å²) in [4.78, 5) is 2.68. The zero-order chi connectivity index (χ0) is 10.3. The smallest absolute Gasteiger partial charge is 0.00388 e. The van der Waals surface area contributed by atoms with Gasteiger partial charge in [-0.1, -0.05) is 13.8 Å². The molecular formula is C13H25N. The molecule has 1 nitrogen and oxygen atoms in total. The highest BCUT2D eigenvalue weighted by Gasteiger charge is 2.43. The van der Waals surface area contributed by atoms with Gasteiger partial charge in [-0.15, -0.1) is 0 Å². The Kier molecular flexibility index (Phi) is 2.88. The van der Waals surface area contributed by atoms with Gasteiger partial charge in [-0.05, 0) is 50.4 Å². The average Bonchev–Trinajstić information content (AvgIpc) is 2.58. The summed E-state index contributed by atoms with van der Waals surface area (Å²) in [5, 5.41) is 0. The number of hydrogen-bond donors (Lipinski definition) is 0. The molecule has 1 aliphatic carbocycles. The lowest BCUT2D eigenvalue weighted by Crippen LogP contribution is -2.30. The van der Waals surface area contributed by atoms with E-state index in [0.717, 1.165) is 29.7 Å². The molecule has 0 bridgehead atoms. The lowest BCUT2D eigenvalue weighted by molar-refractivity contribution is 0.223. The minimum Gasteiger partial charge on any atom is -0.300 e. The van der Waals surface area contributed by atoms with Crippen LogP contribution in [0.3, 0.4) is 0 Å². The van der Waals surface area contributed by atoms with Crippen molar-refractivity contribution in [3.63, 3.8) is 0 Å². The molecule has 0 amide bonds. The van der Waals surface area contributed by atoms with Gasteiger partial charge in [0.25, 0.3) is 0 Å². The predicted octanol–water partition coefficient (Wildman–Crippen LogP) is 3.01. The Morgan fingerprint density at radius 1 is 1.00 bits per heavy atom. The maximum atomic E-state index is 2.68. The Hall–Kier alpha value is -0.0400. The molecule has 0 aromatic heterocycles. The van der Waals surface area contributed by atoms with E-state index in [1.807, 2.05) is 0 Å². The van der Waals surface area contributed by atoms with Crippen LogP contribution in [0.4, 0.5) is 0 Å². The molecule has 3 atom stereocenters. The fourth-order valence-corrected chi connectivity index (χ4v) is 3.59. The van der Waals surface area contributed by atoms with Crippen LogP contribution in [0.5, 0.6) is 0 Å². The lowest BCUT2D eigenvalue weighted by Gasteiger charge is -2.25. The Labute approximate surface area is 88.9 Å². The first-order chi connectivity index (χ1) is 6.59. The van der Waals surface area contributed by atoms with Crippen molar-refractivity contribution in [3.8, 4) is 0 Å². The highest BCUT2D eigenvalue weighted by molar-refractivity contribution is 4.95. The quantitative estimate of drug-likeness (QED) is 0.654. The molecule has 1 saturated carbocycles. The third-order valence-corrected chi connectivity index (χ3v) is 4.53. The Bertz CT molecular complexity index is 197. The van der Waals surface area contributed by atoms with Gasteiger partial charge in [-0.2, -0.15) is 0 Å². The summed E-state index contributed by atoms with van der Waals surface area (Å²) in [5.74, 6) is 3.98. The first-order valence-electron chi connectivity index (χ1n) is 6.33. The van der Waals surface area contributed by atoms with Crippen LogP contribution in [0.15, 0.2) is 0 Å². The lowest BCUT2D eigenvalue weighted by atomic mass is 9.84. The molecule has 2 rings (SSSR count). The van der Waals surface area contributed by atoms with Gasteiger partial charge in [-0.3, -0.25) is 0 Å². The number of fused-ring (bicyclic) bond motifs is 1.